The smallest absolute Gasteiger partial charge is 0.251 e. The topological polar surface area (TPSA) is 101 Å². The zero-order valence-corrected chi connectivity index (χ0v) is 11.9. The third-order valence-corrected chi connectivity index (χ3v) is 3.95. The van der Waals surface area contributed by atoms with Crippen molar-refractivity contribution in [3.05, 3.63) is 35.4 Å². The molecule has 7 heteroatoms. The molecule has 110 valence electrons. The van der Waals surface area contributed by atoms with E-state index in [-0.39, 0.29) is 17.7 Å². The van der Waals surface area contributed by atoms with Crippen molar-refractivity contribution in [1.82, 2.24) is 10.6 Å². The second kappa shape index (κ2) is 6.34. The lowest BCUT2D eigenvalue weighted by molar-refractivity contribution is 0.0930. The molecule has 0 radical (unpaired) electrons. The maximum atomic E-state index is 12.0. The summed E-state index contributed by atoms with van der Waals surface area (Å²) >= 11 is 0. The molecule has 4 N–H and O–H groups in total. The van der Waals surface area contributed by atoms with Crippen molar-refractivity contribution in [2.24, 2.45) is 5.14 Å². The number of rotatable bonds is 4. The zero-order valence-electron chi connectivity index (χ0n) is 11.1. The average Bonchev–Trinajstić information content (AvgIpc) is 2.39. The Morgan fingerprint density at radius 3 is 2.60 bits per heavy atom. The number of piperidine rings is 1. The number of sulfonamides is 1. The number of carbonyl (C=O) groups is 1. The number of primary sulfonamides is 1. The predicted molar refractivity (Wildman–Crippen MR) is 76.6 cm³/mol. The Kier molecular flexibility index (Phi) is 4.74. The van der Waals surface area contributed by atoms with E-state index in [1.165, 1.54) is 0 Å². The molecular weight excluding hydrogens is 278 g/mol. The third-order valence-electron chi connectivity index (χ3n) is 3.22. The fraction of sp³-hybridized carbons (Fsp3) is 0.462. The summed E-state index contributed by atoms with van der Waals surface area (Å²) < 4.78 is 21.9. The number of hydrogen-bond acceptors (Lipinski definition) is 4. The van der Waals surface area contributed by atoms with E-state index in [0.29, 0.717) is 11.1 Å². The van der Waals surface area contributed by atoms with Crippen molar-refractivity contribution in [1.29, 1.82) is 0 Å². The molecule has 1 saturated heterocycles. The third kappa shape index (κ3) is 4.59. The fourth-order valence-electron chi connectivity index (χ4n) is 2.23. The summed E-state index contributed by atoms with van der Waals surface area (Å²) in [6.07, 6.45) is 2.03. The summed E-state index contributed by atoms with van der Waals surface area (Å²) in [4.78, 5) is 12.0. The van der Waals surface area contributed by atoms with Crippen LogP contribution in [0.1, 0.15) is 28.8 Å². The van der Waals surface area contributed by atoms with Crippen molar-refractivity contribution < 1.29 is 13.2 Å². The molecule has 0 aliphatic carbocycles. The molecule has 1 atom stereocenters. The molecule has 20 heavy (non-hydrogen) atoms. The first-order valence-corrected chi connectivity index (χ1v) is 8.26. The molecule has 1 aliphatic heterocycles. The Balaban J connectivity index is 1.96. The Morgan fingerprint density at radius 1 is 1.35 bits per heavy atom. The van der Waals surface area contributed by atoms with Gasteiger partial charge in [0, 0.05) is 18.2 Å². The van der Waals surface area contributed by atoms with E-state index in [9.17, 15) is 13.2 Å². The summed E-state index contributed by atoms with van der Waals surface area (Å²) in [5, 5.41) is 11.2. The maximum Gasteiger partial charge on any atom is 0.251 e. The zero-order chi connectivity index (χ0) is 14.6. The first-order chi connectivity index (χ1) is 9.44. The minimum Gasteiger partial charge on any atom is -0.348 e. The number of benzene rings is 1. The number of nitrogens with two attached hydrogens (primary N) is 1. The van der Waals surface area contributed by atoms with Gasteiger partial charge >= 0.3 is 0 Å². The van der Waals surface area contributed by atoms with Crippen LogP contribution in [0.4, 0.5) is 0 Å². The summed E-state index contributed by atoms with van der Waals surface area (Å²) in [5.74, 6) is -0.359. The highest BCUT2D eigenvalue weighted by molar-refractivity contribution is 7.88. The van der Waals surface area contributed by atoms with E-state index in [4.69, 9.17) is 5.14 Å². The molecule has 0 aromatic heterocycles. The largest absolute Gasteiger partial charge is 0.348 e. The van der Waals surface area contributed by atoms with Gasteiger partial charge < -0.3 is 10.6 Å². The van der Waals surface area contributed by atoms with E-state index in [1.807, 2.05) is 0 Å². The predicted octanol–water partition coefficient (Wildman–Crippen LogP) is -0.0431. The molecule has 1 aliphatic rings. The minimum absolute atomic E-state index is 0.138. The molecule has 0 spiro atoms. The van der Waals surface area contributed by atoms with Crippen LogP contribution in [0, 0.1) is 0 Å². The first-order valence-electron chi connectivity index (χ1n) is 6.55. The monoisotopic (exact) mass is 297 g/mol. The van der Waals surface area contributed by atoms with E-state index in [0.717, 1.165) is 25.9 Å². The van der Waals surface area contributed by atoms with Gasteiger partial charge in [-0.3, -0.25) is 4.79 Å². The second-order valence-corrected chi connectivity index (χ2v) is 6.64. The molecule has 6 nitrogen and oxygen atoms in total. The molecular formula is C13H19N3O3S. The Bertz CT molecular complexity index is 563. The molecule has 1 heterocycles. The summed E-state index contributed by atoms with van der Waals surface area (Å²) in [6, 6.07) is 6.61. The summed E-state index contributed by atoms with van der Waals surface area (Å²) in [7, 11) is -3.54. The van der Waals surface area contributed by atoms with E-state index in [1.54, 1.807) is 24.3 Å². The molecule has 0 unspecified atom stereocenters. The van der Waals surface area contributed by atoms with Crippen LogP contribution in [0.2, 0.25) is 0 Å². The molecule has 1 aromatic carbocycles. The van der Waals surface area contributed by atoms with Crippen molar-refractivity contribution in [2.75, 3.05) is 13.1 Å². The SMILES string of the molecule is NS(=O)(=O)Cc1ccc(C(=O)N[C@H]2CCCNC2)cc1. The van der Waals surface area contributed by atoms with Gasteiger partial charge in [-0.15, -0.1) is 0 Å². The molecule has 1 amide bonds. The van der Waals surface area contributed by atoms with Gasteiger partial charge in [0.25, 0.3) is 5.91 Å². The van der Waals surface area contributed by atoms with Crippen LogP contribution in [0.25, 0.3) is 0 Å². The minimum atomic E-state index is -3.54. The van der Waals surface area contributed by atoms with Gasteiger partial charge in [0.2, 0.25) is 10.0 Å². The van der Waals surface area contributed by atoms with Gasteiger partial charge in [-0.05, 0) is 37.1 Å². The quantitative estimate of drug-likeness (QED) is 0.725. The van der Waals surface area contributed by atoms with E-state index < -0.39 is 10.0 Å². The maximum absolute atomic E-state index is 12.0. The lowest BCUT2D eigenvalue weighted by Crippen LogP contribution is -2.45. The van der Waals surface area contributed by atoms with Crippen LogP contribution >= 0.6 is 0 Å². The molecule has 1 aromatic rings. The van der Waals surface area contributed by atoms with Gasteiger partial charge in [0.1, 0.15) is 0 Å². The number of hydrogen-bond donors (Lipinski definition) is 3. The first kappa shape index (κ1) is 15.0. The average molecular weight is 297 g/mol. The van der Waals surface area contributed by atoms with Crippen LogP contribution in [-0.4, -0.2) is 33.5 Å². The van der Waals surface area contributed by atoms with E-state index in [2.05, 4.69) is 10.6 Å². The standard InChI is InChI=1S/C13H19N3O3S/c14-20(18,19)9-10-3-5-11(6-4-10)13(17)16-12-2-1-7-15-8-12/h3-6,12,15H,1-2,7-9H2,(H,16,17)(H2,14,18,19)/t12-/m0/s1. The highest BCUT2D eigenvalue weighted by Gasteiger charge is 2.16. The molecule has 0 bridgehead atoms. The number of nitrogens with one attached hydrogen (secondary N) is 2. The molecule has 2 rings (SSSR count). The van der Waals surface area contributed by atoms with Crippen molar-refractivity contribution in [3.63, 3.8) is 0 Å². The highest BCUT2D eigenvalue weighted by Crippen LogP contribution is 2.08. The summed E-state index contributed by atoms with van der Waals surface area (Å²) in [5.41, 5.74) is 1.09. The highest BCUT2D eigenvalue weighted by atomic mass is 32.2. The van der Waals surface area contributed by atoms with Crippen molar-refractivity contribution >= 4 is 15.9 Å². The van der Waals surface area contributed by atoms with Crippen LogP contribution < -0.4 is 15.8 Å². The molecule has 0 saturated carbocycles. The van der Waals surface area contributed by atoms with E-state index >= 15 is 0 Å². The Morgan fingerprint density at radius 2 is 2.05 bits per heavy atom. The van der Waals surface area contributed by atoms with Crippen LogP contribution in [0.3, 0.4) is 0 Å². The fourth-order valence-corrected chi connectivity index (χ4v) is 2.89. The molecule has 1 fully saturated rings. The lowest BCUT2D eigenvalue weighted by Gasteiger charge is -2.23. The number of carbonyl (C=O) groups excluding carboxylic acids is 1. The van der Waals surface area contributed by atoms with Crippen LogP contribution in [-0.2, 0) is 15.8 Å². The van der Waals surface area contributed by atoms with Gasteiger partial charge in [-0.1, -0.05) is 12.1 Å². The van der Waals surface area contributed by atoms with Gasteiger partial charge in [0.15, 0.2) is 0 Å². The normalized spacial score (nSPS) is 19.6. The van der Waals surface area contributed by atoms with Crippen molar-refractivity contribution in [3.8, 4) is 0 Å². The second-order valence-electron chi connectivity index (χ2n) is 5.02. The van der Waals surface area contributed by atoms with Gasteiger partial charge in [-0.25, -0.2) is 13.6 Å². The van der Waals surface area contributed by atoms with Gasteiger partial charge in [-0.2, -0.15) is 0 Å². The lowest BCUT2D eigenvalue weighted by atomic mass is 10.1. The van der Waals surface area contributed by atoms with Gasteiger partial charge in [0.05, 0.1) is 5.75 Å². The Hall–Kier alpha value is -1.44. The Labute approximate surface area is 118 Å². The van der Waals surface area contributed by atoms with Crippen molar-refractivity contribution in [2.45, 2.75) is 24.6 Å². The van der Waals surface area contributed by atoms with Crippen LogP contribution in [0.5, 0.6) is 0 Å². The van der Waals surface area contributed by atoms with Crippen LogP contribution in [0.15, 0.2) is 24.3 Å². The summed E-state index contributed by atoms with van der Waals surface area (Å²) in [6.45, 7) is 1.78. The number of amides is 1.